The molecule has 6 heteroatoms. The van der Waals surface area contributed by atoms with Crippen LogP contribution in [-0.2, 0) is 15.6 Å². The van der Waals surface area contributed by atoms with E-state index in [4.69, 9.17) is 18.9 Å². The van der Waals surface area contributed by atoms with E-state index in [9.17, 15) is 9.59 Å². The van der Waals surface area contributed by atoms with Crippen molar-refractivity contribution in [3.05, 3.63) is 168 Å². The monoisotopic (exact) mass is 690 g/mol. The minimum atomic E-state index is -0.799. The molecule has 6 nitrogen and oxygen atoms in total. The van der Waals surface area contributed by atoms with Gasteiger partial charge in [0.15, 0.2) is 0 Å². The Morgan fingerprint density at radius 2 is 0.635 bits per heavy atom. The molecule has 0 aromatic heterocycles. The van der Waals surface area contributed by atoms with Crippen molar-refractivity contribution in [3.63, 3.8) is 0 Å². The van der Waals surface area contributed by atoms with Crippen LogP contribution in [0, 0.1) is 0 Å². The van der Waals surface area contributed by atoms with Crippen LogP contribution < -0.4 is 18.9 Å². The molecule has 262 valence electrons. The molecule has 6 aromatic rings. The van der Waals surface area contributed by atoms with E-state index in [1.165, 1.54) is 18.1 Å². The maximum absolute atomic E-state index is 12.6. The van der Waals surface area contributed by atoms with E-state index >= 15 is 0 Å². The number of esters is 1. The van der Waals surface area contributed by atoms with Gasteiger partial charge in [0.1, 0.15) is 23.0 Å². The first kappa shape index (κ1) is 35.7. The van der Waals surface area contributed by atoms with Crippen molar-refractivity contribution >= 4 is 12.1 Å². The van der Waals surface area contributed by atoms with E-state index in [1.54, 1.807) is 43.5 Å². The zero-order valence-corrected chi connectivity index (χ0v) is 30.3. The summed E-state index contributed by atoms with van der Waals surface area (Å²) in [6.07, 6.45) is -0.799. The van der Waals surface area contributed by atoms with Crippen LogP contribution in [0.5, 0.6) is 23.0 Å². The van der Waals surface area contributed by atoms with Crippen LogP contribution in [0.15, 0.2) is 146 Å². The smallest absolute Gasteiger partial charge is 0.497 e. The fourth-order valence-corrected chi connectivity index (χ4v) is 6.25. The Balaban J connectivity index is 1.05. The van der Waals surface area contributed by atoms with Crippen molar-refractivity contribution < 1.29 is 28.5 Å². The zero-order valence-electron chi connectivity index (χ0n) is 30.3. The average Bonchev–Trinajstić information content (AvgIpc) is 3.15. The molecule has 0 aliphatic heterocycles. The number of rotatable bonds is 10. The number of ether oxygens (including phenoxy) is 4. The summed E-state index contributed by atoms with van der Waals surface area (Å²) in [4.78, 5) is 23.8. The third kappa shape index (κ3) is 8.08. The van der Waals surface area contributed by atoms with E-state index in [0.29, 0.717) is 17.2 Å². The first-order valence-corrected chi connectivity index (χ1v) is 17.2. The van der Waals surface area contributed by atoms with Gasteiger partial charge < -0.3 is 18.9 Å². The average molecular weight is 691 g/mol. The lowest BCUT2D eigenvalue weighted by Gasteiger charge is -2.26. The van der Waals surface area contributed by atoms with E-state index in [-0.39, 0.29) is 16.8 Å². The molecule has 52 heavy (non-hydrogen) atoms. The third-order valence-corrected chi connectivity index (χ3v) is 9.64. The number of carbonyl (C=O) groups excluding carboxylic acids is 2. The number of carbonyl (C=O) groups is 2. The van der Waals surface area contributed by atoms with Crippen molar-refractivity contribution in [2.45, 2.75) is 45.4 Å². The molecule has 6 rings (SSSR count). The highest BCUT2D eigenvalue weighted by molar-refractivity contribution is 5.71. The van der Waals surface area contributed by atoms with Crippen molar-refractivity contribution in [1.82, 2.24) is 0 Å². The molecule has 6 aromatic carbocycles. The first-order chi connectivity index (χ1) is 24.9. The van der Waals surface area contributed by atoms with Gasteiger partial charge in [-0.3, -0.25) is 4.79 Å². The summed E-state index contributed by atoms with van der Waals surface area (Å²) in [5.74, 6) is 1.81. The normalized spacial score (nSPS) is 11.4. The molecule has 0 amide bonds. The predicted molar refractivity (Wildman–Crippen MR) is 205 cm³/mol. The SMILES string of the molecule is COc1ccc(C(C)(C)c2ccc(OC(=O)Oc3ccc(-c4ccc(C(C)(C)c5ccc(-c6ccc(OC(C)=O)cc6)cc5)cc4)cc3)cc2)cc1. The Kier molecular flexibility index (Phi) is 10.3. The summed E-state index contributed by atoms with van der Waals surface area (Å²) in [6, 6.07) is 47.5. The first-order valence-electron chi connectivity index (χ1n) is 17.2. The Morgan fingerprint density at radius 3 is 0.942 bits per heavy atom. The Labute approximate surface area is 305 Å². The van der Waals surface area contributed by atoms with Gasteiger partial charge in [-0.15, -0.1) is 0 Å². The molecule has 0 radical (unpaired) electrons. The van der Waals surface area contributed by atoms with Crippen LogP contribution in [0.1, 0.15) is 56.9 Å². The second kappa shape index (κ2) is 15.0. The molecule has 0 bridgehead atoms. The molecular formula is C46H42O6. The summed E-state index contributed by atoms with van der Waals surface area (Å²) in [7, 11) is 1.65. The van der Waals surface area contributed by atoms with Gasteiger partial charge in [-0.1, -0.05) is 125 Å². The van der Waals surface area contributed by atoms with Crippen molar-refractivity contribution in [1.29, 1.82) is 0 Å². The summed E-state index contributed by atoms with van der Waals surface area (Å²) in [5.41, 5.74) is 8.35. The van der Waals surface area contributed by atoms with Crippen molar-refractivity contribution in [2.75, 3.05) is 7.11 Å². The summed E-state index contributed by atoms with van der Waals surface area (Å²) >= 11 is 0. The molecule has 0 N–H and O–H groups in total. The Bertz CT molecular complexity index is 2130. The molecule has 0 aliphatic rings. The van der Waals surface area contributed by atoms with Gasteiger partial charge in [-0.2, -0.15) is 0 Å². The van der Waals surface area contributed by atoms with E-state index in [2.05, 4.69) is 88.4 Å². The third-order valence-electron chi connectivity index (χ3n) is 9.64. The van der Waals surface area contributed by atoms with Crippen LogP contribution in [-0.4, -0.2) is 19.2 Å². The van der Waals surface area contributed by atoms with Crippen LogP contribution in [0.2, 0.25) is 0 Å². The minimum Gasteiger partial charge on any atom is -0.497 e. The van der Waals surface area contributed by atoms with Gasteiger partial charge >= 0.3 is 12.1 Å². The topological polar surface area (TPSA) is 71.1 Å². The van der Waals surface area contributed by atoms with Crippen LogP contribution >= 0.6 is 0 Å². The lowest BCUT2D eigenvalue weighted by Crippen LogP contribution is -2.19. The number of hydrogen-bond acceptors (Lipinski definition) is 6. The fourth-order valence-electron chi connectivity index (χ4n) is 6.25. The van der Waals surface area contributed by atoms with Gasteiger partial charge in [0, 0.05) is 17.8 Å². The van der Waals surface area contributed by atoms with Crippen molar-refractivity contribution in [3.8, 4) is 45.3 Å². The fraction of sp³-hybridized carbons (Fsp3) is 0.174. The highest BCUT2D eigenvalue weighted by Gasteiger charge is 2.24. The van der Waals surface area contributed by atoms with E-state index in [0.717, 1.165) is 39.1 Å². The molecule has 0 aliphatic carbocycles. The molecular weight excluding hydrogens is 649 g/mol. The predicted octanol–water partition coefficient (Wildman–Crippen LogP) is 11.2. The number of hydrogen-bond donors (Lipinski definition) is 0. The van der Waals surface area contributed by atoms with Crippen LogP contribution in [0.4, 0.5) is 4.79 Å². The maximum atomic E-state index is 12.6. The highest BCUT2D eigenvalue weighted by Crippen LogP contribution is 2.36. The number of methoxy groups -OCH3 is 1. The van der Waals surface area contributed by atoms with Gasteiger partial charge in [-0.25, -0.2) is 4.79 Å². The van der Waals surface area contributed by atoms with Crippen molar-refractivity contribution in [2.24, 2.45) is 0 Å². The lowest BCUT2D eigenvalue weighted by molar-refractivity contribution is -0.131. The number of benzene rings is 6. The zero-order chi connectivity index (χ0) is 36.9. The quantitative estimate of drug-likeness (QED) is 0.0809. The Hall–Kier alpha value is -6.14. The second-order valence-corrected chi connectivity index (χ2v) is 13.8. The molecule has 0 spiro atoms. The summed E-state index contributed by atoms with van der Waals surface area (Å²) in [6.45, 7) is 10.1. The summed E-state index contributed by atoms with van der Waals surface area (Å²) in [5, 5.41) is 0. The maximum Gasteiger partial charge on any atom is 0.519 e. The molecule has 0 heterocycles. The van der Waals surface area contributed by atoms with Gasteiger partial charge in [0.25, 0.3) is 0 Å². The molecule has 0 saturated carbocycles. The largest absolute Gasteiger partial charge is 0.519 e. The van der Waals surface area contributed by atoms with E-state index in [1.807, 2.05) is 48.5 Å². The van der Waals surface area contributed by atoms with Gasteiger partial charge in [0.2, 0.25) is 0 Å². The standard InChI is InChI=1S/C46H42O6/c1-31(47)50-41-23-11-34(12-24-41)32-7-15-36(16-8-32)45(2,3)37-17-9-33(10-18-37)35-13-25-42(26-14-35)51-44(48)52-43-29-21-39(22-30-43)46(4,5)38-19-27-40(49-6)28-20-38/h7-30H,1-6H3. The van der Waals surface area contributed by atoms with Crippen LogP contribution in [0.3, 0.4) is 0 Å². The molecule has 0 saturated heterocycles. The van der Waals surface area contributed by atoms with Crippen LogP contribution in [0.25, 0.3) is 22.3 Å². The molecule has 0 unspecified atom stereocenters. The van der Waals surface area contributed by atoms with E-state index < -0.39 is 6.16 Å². The van der Waals surface area contributed by atoms with Gasteiger partial charge in [0.05, 0.1) is 7.11 Å². The molecule has 0 fully saturated rings. The van der Waals surface area contributed by atoms with Gasteiger partial charge in [-0.05, 0) is 93.0 Å². The molecule has 0 atom stereocenters. The second-order valence-electron chi connectivity index (χ2n) is 13.8. The Morgan fingerprint density at radius 1 is 0.385 bits per heavy atom. The highest BCUT2D eigenvalue weighted by atomic mass is 16.7. The summed E-state index contributed by atoms with van der Waals surface area (Å²) < 4.78 is 21.4. The lowest BCUT2D eigenvalue weighted by atomic mass is 9.77. The minimum absolute atomic E-state index is 0.221.